The van der Waals surface area contributed by atoms with Crippen LogP contribution in [-0.4, -0.2) is 38.1 Å². The van der Waals surface area contributed by atoms with Gasteiger partial charge in [-0.1, -0.05) is 23.2 Å². The summed E-state index contributed by atoms with van der Waals surface area (Å²) >= 11 is 12.1. The lowest BCUT2D eigenvalue weighted by Gasteiger charge is -2.28. The number of carbonyl (C=O) groups excluding carboxylic acids is 1. The van der Waals surface area contributed by atoms with Crippen LogP contribution in [0.5, 0.6) is 5.75 Å². The van der Waals surface area contributed by atoms with E-state index in [4.69, 9.17) is 28.2 Å². The second kappa shape index (κ2) is 9.57. The number of Topliss-reactive ketones (excluding diaryl/α,β-unsaturated/α-hetero) is 1. The maximum atomic E-state index is 12.3. The highest BCUT2D eigenvalue weighted by atomic mass is 35.5. The lowest BCUT2D eigenvalue weighted by Crippen LogP contribution is -2.29. The number of pyridine rings is 2. The fourth-order valence-electron chi connectivity index (χ4n) is 3.78. The number of nitrogens with zero attached hydrogens (tertiary/aromatic N) is 2. The van der Waals surface area contributed by atoms with Crippen molar-refractivity contribution in [1.82, 2.24) is 9.97 Å². The van der Waals surface area contributed by atoms with Crippen molar-refractivity contribution < 1.29 is 15.0 Å². The number of aliphatic hydroxyl groups is 1. The van der Waals surface area contributed by atoms with Gasteiger partial charge in [0.25, 0.3) is 0 Å². The number of aromatic nitrogens is 2. The molecule has 0 bridgehead atoms. The normalized spacial score (nSPS) is 18.5. The summed E-state index contributed by atoms with van der Waals surface area (Å²) in [6.45, 7) is 1.50. The molecule has 0 spiro atoms. The van der Waals surface area contributed by atoms with Gasteiger partial charge in [0, 0.05) is 17.8 Å². The molecule has 1 saturated carbocycles. The molecular weight excluding hydrogens is 461 g/mol. The maximum absolute atomic E-state index is 12.3. The number of ketones is 1. The van der Waals surface area contributed by atoms with Crippen molar-refractivity contribution in [3.8, 4) is 17.0 Å². The number of anilines is 1. The number of hydrogen-bond donors (Lipinski definition) is 3. The first-order chi connectivity index (χ1) is 14.3. The Morgan fingerprint density at radius 1 is 1.13 bits per heavy atom. The molecule has 6 nitrogen and oxygen atoms in total. The number of fused-ring (bicyclic) bond motifs is 1. The third-order valence-electron chi connectivity index (χ3n) is 5.45. The van der Waals surface area contributed by atoms with E-state index < -0.39 is 0 Å². The Hall–Kier alpha value is -2.12. The minimum Gasteiger partial charge on any atom is -0.505 e. The van der Waals surface area contributed by atoms with Gasteiger partial charge in [0.2, 0.25) is 0 Å². The molecule has 0 unspecified atom stereocenters. The highest BCUT2D eigenvalue weighted by molar-refractivity contribution is 6.37. The highest BCUT2D eigenvalue weighted by Gasteiger charge is 2.23. The number of hydrogen-bond acceptors (Lipinski definition) is 6. The molecule has 1 aliphatic rings. The van der Waals surface area contributed by atoms with Crippen molar-refractivity contribution in [2.45, 2.75) is 44.8 Å². The molecule has 0 amide bonds. The monoisotopic (exact) mass is 481 g/mol. The molecule has 164 valence electrons. The Labute approximate surface area is 196 Å². The Kier molecular flexibility index (Phi) is 7.27. The molecule has 0 atom stereocenters. The number of phenols is 1. The van der Waals surface area contributed by atoms with E-state index in [9.17, 15) is 15.0 Å². The van der Waals surface area contributed by atoms with Crippen LogP contribution >= 0.6 is 35.6 Å². The SMILES string of the molecule is CC(=O)c1cnc2ccc(-c3cc(Cl)c(O)c(Cl)c3)nc2c1N[C@H]1CC[C@H](O)CC1.Cl. The summed E-state index contributed by atoms with van der Waals surface area (Å²) in [7, 11) is 0. The predicted octanol–water partition coefficient (Wildman–Crippen LogP) is 5.65. The zero-order valence-corrected chi connectivity index (χ0v) is 19.1. The van der Waals surface area contributed by atoms with Gasteiger partial charge in [0.15, 0.2) is 11.5 Å². The van der Waals surface area contributed by atoms with E-state index in [-0.39, 0.29) is 46.1 Å². The van der Waals surface area contributed by atoms with Crippen LogP contribution in [0.2, 0.25) is 10.0 Å². The van der Waals surface area contributed by atoms with E-state index in [0.717, 1.165) is 25.7 Å². The van der Waals surface area contributed by atoms with E-state index in [1.165, 1.54) is 6.92 Å². The molecule has 2 heterocycles. The molecule has 0 radical (unpaired) electrons. The largest absolute Gasteiger partial charge is 0.505 e. The Bertz CT molecular complexity index is 1110. The van der Waals surface area contributed by atoms with Gasteiger partial charge in [-0.15, -0.1) is 12.4 Å². The summed E-state index contributed by atoms with van der Waals surface area (Å²) < 4.78 is 0. The second-order valence-corrected chi connectivity index (χ2v) is 8.42. The van der Waals surface area contributed by atoms with E-state index >= 15 is 0 Å². The molecule has 1 aliphatic carbocycles. The molecule has 9 heteroatoms. The van der Waals surface area contributed by atoms with Crippen molar-refractivity contribution in [2.24, 2.45) is 0 Å². The van der Waals surface area contributed by atoms with Crippen LogP contribution in [0.3, 0.4) is 0 Å². The summed E-state index contributed by atoms with van der Waals surface area (Å²) in [5, 5.41) is 23.4. The molecular formula is C22H22Cl3N3O3. The molecule has 1 aromatic carbocycles. The molecule has 3 N–H and O–H groups in total. The van der Waals surface area contributed by atoms with Gasteiger partial charge in [0.05, 0.1) is 38.6 Å². The van der Waals surface area contributed by atoms with Gasteiger partial charge >= 0.3 is 0 Å². The van der Waals surface area contributed by atoms with Crippen LogP contribution < -0.4 is 5.32 Å². The summed E-state index contributed by atoms with van der Waals surface area (Å²) in [6.07, 6.45) is 4.37. The summed E-state index contributed by atoms with van der Waals surface area (Å²) in [5.41, 5.74) is 3.58. The van der Waals surface area contributed by atoms with Crippen LogP contribution in [0, 0.1) is 0 Å². The minimum absolute atomic E-state index is 0. The number of rotatable bonds is 4. The van der Waals surface area contributed by atoms with Crippen LogP contribution in [0.25, 0.3) is 22.3 Å². The quantitative estimate of drug-likeness (QED) is 0.416. The van der Waals surface area contributed by atoms with Gasteiger partial charge in [0.1, 0.15) is 5.52 Å². The third-order valence-corrected chi connectivity index (χ3v) is 6.03. The minimum atomic E-state index is -0.266. The summed E-state index contributed by atoms with van der Waals surface area (Å²) in [6, 6.07) is 6.94. The predicted molar refractivity (Wildman–Crippen MR) is 126 cm³/mol. The van der Waals surface area contributed by atoms with Gasteiger partial charge in [-0.2, -0.15) is 0 Å². The smallest absolute Gasteiger partial charge is 0.163 e. The van der Waals surface area contributed by atoms with Crippen molar-refractivity contribution >= 4 is 58.1 Å². The zero-order chi connectivity index (χ0) is 21.4. The molecule has 4 rings (SSSR count). The summed E-state index contributed by atoms with van der Waals surface area (Å²) in [4.78, 5) is 21.4. The van der Waals surface area contributed by atoms with Gasteiger partial charge < -0.3 is 15.5 Å². The highest BCUT2D eigenvalue weighted by Crippen LogP contribution is 2.37. The van der Waals surface area contributed by atoms with Crippen molar-refractivity contribution in [1.29, 1.82) is 0 Å². The lowest BCUT2D eigenvalue weighted by atomic mass is 9.92. The first-order valence-corrected chi connectivity index (χ1v) is 10.5. The summed E-state index contributed by atoms with van der Waals surface area (Å²) in [5.74, 6) is -0.282. The topological polar surface area (TPSA) is 95.3 Å². The average Bonchev–Trinajstić information content (AvgIpc) is 2.73. The van der Waals surface area contributed by atoms with E-state index in [2.05, 4.69) is 10.3 Å². The number of halogens is 3. The van der Waals surface area contributed by atoms with E-state index in [1.807, 2.05) is 6.07 Å². The number of phenolic OH excluding ortho intramolecular Hbond substituents is 1. The molecule has 0 saturated heterocycles. The lowest BCUT2D eigenvalue weighted by molar-refractivity contribution is 0.101. The van der Waals surface area contributed by atoms with Crippen molar-refractivity contribution in [3.05, 3.63) is 46.1 Å². The Morgan fingerprint density at radius 2 is 1.77 bits per heavy atom. The van der Waals surface area contributed by atoms with E-state index in [0.29, 0.717) is 33.5 Å². The average molecular weight is 483 g/mol. The Balaban J connectivity index is 0.00000272. The fourth-order valence-corrected chi connectivity index (χ4v) is 4.26. The molecule has 0 aliphatic heterocycles. The number of aliphatic hydroxyl groups excluding tert-OH is 1. The van der Waals surface area contributed by atoms with Crippen molar-refractivity contribution in [3.63, 3.8) is 0 Å². The number of nitrogens with one attached hydrogen (secondary N) is 1. The van der Waals surface area contributed by atoms with E-state index in [1.54, 1.807) is 24.4 Å². The van der Waals surface area contributed by atoms with Gasteiger partial charge in [-0.05, 0) is 56.9 Å². The van der Waals surface area contributed by atoms with Crippen LogP contribution in [-0.2, 0) is 0 Å². The first-order valence-electron chi connectivity index (χ1n) is 9.77. The molecule has 2 aromatic heterocycles. The molecule has 31 heavy (non-hydrogen) atoms. The zero-order valence-electron chi connectivity index (χ0n) is 16.7. The van der Waals surface area contributed by atoms with Gasteiger partial charge in [-0.25, -0.2) is 4.98 Å². The number of benzene rings is 1. The Morgan fingerprint density at radius 3 is 2.39 bits per heavy atom. The number of aromatic hydroxyl groups is 1. The standard InChI is InChI=1S/C22H21Cl2N3O3.ClH/c1-11(28)15-10-25-19-7-6-18(12-8-16(23)22(30)17(24)9-12)27-21(19)20(15)26-13-2-4-14(29)5-3-13;/h6-10,13-14,29-30H,2-5H2,1H3,(H,25,26);1H/t13-,14-;. The second-order valence-electron chi connectivity index (χ2n) is 7.61. The molecule has 3 aromatic rings. The van der Waals surface area contributed by atoms with Crippen LogP contribution in [0.4, 0.5) is 5.69 Å². The van der Waals surface area contributed by atoms with Crippen molar-refractivity contribution in [2.75, 3.05) is 5.32 Å². The van der Waals surface area contributed by atoms with Crippen LogP contribution in [0.15, 0.2) is 30.5 Å². The maximum Gasteiger partial charge on any atom is 0.163 e. The number of carbonyl (C=O) groups is 1. The third kappa shape index (κ3) is 4.88. The van der Waals surface area contributed by atoms with Crippen LogP contribution in [0.1, 0.15) is 43.0 Å². The molecule has 1 fully saturated rings. The fraction of sp³-hybridized carbons (Fsp3) is 0.318. The first kappa shape index (κ1) is 23.5. The van der Waals surface area contributed by atoms with Gasteiger partial charge in [-0.3, -0.25) is 9.78 Å².